The first-order valence-electron chi connectivity index (χ1n) is 8.65. The summed E-state index contributed by atoms with van der Waals surface area (Å²) in [4.78, 5) is 13.4. The van der Waals surface area contributed by atoms with Gasteiger partial charge in [0, 0.05) is 5.56 Å². The second-order valence-corrected chi connectivity index (χ2v) is 6.39. The van der Waals surface area contributed by atoms with E-state index in [1.807, 2.05) is 38.1 Å². The van der Waals surface area contributed by atoms with E-state index in [4.69, 9.17) is 4.74 Å². The lowest BCUT2D eigenvalue weighted by molar-refractivity contribution is 0.242. The highest BCUT2D eigenvalue weighted by Crippen LogP contribution is 2.22. The van der Waals surface area contributed by atoms with Crippen LogP contribution >= 0.6 is 0 Å². The molecule has 0 spiro atoms. The molecule has 2 heterocycles. The molecule has 0 atom stereocenters. The molecule has 7 heteroatoms. The van der Waals surface area contributed by atoms with Crippen LogP contribution in [0.5, 0.6) is 5.75 Å². The first-order chi connectivity index (χ1) is 13.1. The molecule has 4 rings (SSSR count). The molecular formula is C20H18FN5O. The number of rotatable bonds is 5. The van der Waals surface area contributed by atoms with E-state index >= 15 is 0 Å². The Balaban J connectivity index is 1.63. The highest BCUT2D eigenvalue weighted by molar-refractivity contribution is 6.50. The zero-order chi connectivity index (χ0) is 18.8. The Kier molecular flexibility index (Phi) is 4.50. The van der Waals surface area contributed by atoms with E-state index < -0.39 is 0 Å². The Bertz CT molecular complexity index is 1000. The second-order valence-electron chi connectivity index (χ2n) is 6.39. The summed E-state index contributed by atoms with van der Waals surface area (Å²) >= 11 is 0. The van der Waals surface area contributed by atoms with E-state index in [1.54, 1.807) is 16.8 Å². The van der Waals surface area contributed by atoms with Crippen LogP contribution in [0, 0.1) is 5.82 Å². The molecule has 0 radical (unpaired) electrons. The van der Waals surface area contributed by atoms with E-state index in [0.717, 1.165) is 16.9 Å². The molecule has 0 N–H and O–H groups in total. The van der Waals surface area contributed by atoms with Crippen molar-refractivity contribution < 1.29 is 9.13 Å². The van der Waals surface area contributed by atoms with Gasteiger partial charge in [-0.1, -0.05) is 12.1 Å². The Morgan fingerprint density at radius 1 is 1.07 bits per heavy atom. The lowest BCUT2D eigenvalue weighted by Crippen LogP contribution is -2.20. The van der Waals surface area contributed by atoms with E-state index in [9.17, 15) is 4.39 Å². The van der Waals surface area contributed by atoms with Crippen LogP contribution in [0.3, 0.4) is 0 Å². The summed E-state index contributed by atoms with van der Waals surface area (Å²) in [5, 5.41) is 4.21. The third-order valence-electron chi connectivity index (χ3n) is 3.98. The van der Waals surface area contributed by atoms with Crippen molar-refractivity contribution in [1.82, 2.24) is 14.8 Å². The van der Waals surface area contributed by atoms with Gasteiger partial charge in [0.1, 0.15) is 23.6 Å². The van der Waals surface area contributed by atoms with E-state index in [-0.39, 0.29) is 11.9 Å². The van der Waals surface area contributed by atoms with Gasteiger partial charge in [-0.2, -0.15) is 14.8 Å². The Morgan fingerprint density at radius 2 is 1.81 bits per heavy atom. The lowest BCUT2D eigenvalue weighted by Gasteiger charge is -2.10. The fourth-order valence-electron chi connectivity index (χ4n) is 2.77. The topological polar surface area (TPSA) is 64.7 Å². The van der Waals surface area contributed by atoms with Crippen LogP contribution in [0.1, 0.15) is 25.0 Å². The average Bonchev–Trinajstić information content (AvgIpc) is 3.23. The first kappa shape index (κ1) is 17.1. The zero-order valence-corrected chi connectivity index (χ0v) is 15.0. The van der Waals surface area contributed by atoms with Gasteiger partial charge < -0.3 is 4.74 Å². The molecular weight excluding hydrogens is 345 g/mol. The van der Waals surface area contributed by atoms with Gasteiger partial charge in [0.05, 0.1) is 12.6 Å². The molecule has 0 amide bonds. The molecule has 1 aliphatic rings. The highest BCUT2D eigenvalue weighted by Gasteiger charge is 2.25. The van der Waals surface area contributed by atoms with Crippen LogP contribution in [0.25, 0.3) is 0 Å². The van der Waals surface area contributed by atoms with Crippen molar-refractivity contribution >= 4 is 17.5 Å². The van der Waals surface area contributed by atoms with Crippen molar-refractivity contribution in [3.8, 4) is 5.75 Å². The summed E-state index contributed by atoms with van der Waals surface area (Å²) in [5.41, 5.74) is 2.50. The standard InChI is InChI=1S/C20H18FN5O/c1-13(2)27-17-9-5-15(6-10-17)18-19(26-20(25-18)23-12-24-26)22-11-14-3-7-16(21)8-4-14/h3-10,12-13H,11H2,1-2H3. The van der Waals surface area contributed by atoms with Gasteiger partial charge >= 0.3 is 0 Å². The molecule has 0 bridgehead atoms. The molecule has 0 saturated heterocycles. The summed E-state index contributed by atoms with van der Waals surface area (Å²) < 4.78 is 20.4. The summed E-state index contributed by atoms with van der Waals surface area (Å²) in [7, 11) is 0. The number of fused-ring (bicyclic) bond motifs is 1. The van der Waals surface area contributed by atoms with Crippen LogP contribution in [-0.4, -0.2) is 32.4 Å². The van der Waals surface area contributed by atoms with Gasteiger partial charge in [-0.3, -0.25) is 4.99 Å². The van der Waals surface area contributed by atoms with Crippen molar-refractivity contribution in [3.63, 3.8) is 0 Å². The van der Waals surface area contributed by atoms with Gasteiger partial charge in [0.25, 0.3) is 5.95 Å². The molecule has 27 heavy (non-hydrogen) atoms. The van der Waals surface area contributed by atoms with E-state index in [1.165, 1.54) is 18.5 Å². The molecule has 0 saturated carbocycles. The van der Waals surface area contributed by atoms with Crippen LogP contribution < -0.4 is 4.74 Å². The van der Waals surface area contributed by atoms with Crippen molar-refractivity contribution in [2.45, 2.75) is 26.5 Å². The van der Waals surface area contributed by atoms with Gasteiger partial charge in [0.2, 0.25) is 0 Å². The molecule has 3 aromatic rings. The number of ether oxygens (including phenoxy) is 1. The van der Waals surface area contributed by atoms with Crippen molar-refractivity contribution in [3.05, 3.63) is 71.8 Å². The fraction of sp³-hybridized carbons (Fsp3) is 0.200. The van der Waals surface area contributed by atoms with Crippen LogP contribution in [0.2, 0.25) is 0 Å². The van der Waals surface area contributed by atoms with E-state index in [0.29, 0.717) is 24.0 Å². The Labute approximate surface area is 156 Å². The highest BCUT2D eigenvalue weighted by atomic mass is 19.1. The maximum Gasteiger partial charge on any atom is 0.254 e. The molecule has 1 aromatic heterocycles. The molecule has 0 unspecified atom stereocenters. The van der Waals surface area contributed by atoms with Crippen LogP contribution in [-0.2, 0) is 6.54 Å². The van der Waals surface area contributed by atoms with E-state index in [2.05, 4.69) is 20.1 Å². The van der Waals surface area contributed by atoms with Gasteiger partial charge in [-0.25, -0.2) is 9.38 Å². The maximum absolute atomic E-state index is 13.1. The number of hydrogen-bond donors (Lipinski definition) is 0. The quantitative estimate of drug-likeness (QED) is 0.693. The second kappa shape index (κ2) is 7.11. The number of benzene rings is 2. The summed E-state index contributed by atoms with van der Waals surface area (Å²) in [5.74, 6) is 1.64. The van der Waals surface area contributed by atoms with Crippen LogP contribution in [0.15, 0.2) is 64.8 Å². The van der Waals surface area contributed by atoms with Gasteiger partial charge in [-0.15, -0.1) is 0 Å². The molecule has 0 fully saturated rings. The predicted molar refractivity (Wildman–Crippen MR) is 101 cm³/mol. The first-order valence-corrected chi connectivity index (χ1v) is 8.65. The molecule has 1 aliphatic heterocycles. The third-order valence-corrected chi connectivity index (χ3v) is 3.98. The minimum absolute atomic E-state index is 0.113. The van der Waals surface area contributed by atoms with Crippen molar-refractivity contribution in [2.75, 3.05) is 0 Å². The van der Waals surface area contributed by atoms with Gasteiger partial charge in [0.15, 0.2) is 5.84 Å². The Hall–Kier alpha value is -3.35. The summed E-state index contributed by atoms with van der Waals surface area (Å²) in [6.07, 6.45) is 1.56. The molecule has 6 nitrogen and oxygen atoms in total. The SMILES string of the molecule is CC(C)Oc1ccc(C2=Nc3ncnn3C2=NCc2ccc(F)cc2)cc1. The normalized spacial score (nSPS) is 14.5. The number of aromatic nitrogens is 3. The average molecular weight is 363 g/mol. The molecule has 136 valence electrons. The minimum Gasteiger partial charge on any atom is -0.491 e. The van der Waals surface area contributed by atoms with Crippen molar-refractivity contribution in [1.29, 1.82) is 0 Å². The monoisotopic (exact) mass is 363 g/mol. The summed E-state index contributed by atoms with van der Waals surface area (Å²) in [6, 6.07) is 14.0. The third kappa shape index (κ3) is 3.62. The summed E-state index contributed by atoms with van der Waals surface area (Å²) in [6.45, 7) is 4.36. The maximum atomic E-state index is 13.1. The zero-order valence-electron chi connectivity index (χ0n) is 15.0. The minimum atomic E-state index is -0.267. The fourth-order valence-corrected chi connectivity index (χ4v) is 2.77. The lowest BCUT2D eigenvalue weighted by atomic mass is 10.1. The number of hydrogen-bond acceptors (Lipinski definition) is 5. The number of aliphatic imine (C=N–C) groups is 2. The molecule has 2 aromatic carbocycles. The van der Waals surface area contributed by atoms with Crippen LogP contribution in [0.4, 0.5) is 10.3 Å². The van der Waals surface area contributed by atoms with Gasteiger partial charge in [-0.05, 0) is 55.8 Å². The number of nitrogens with zero attached hydrogens (tertiary/aromatic N) is 5. The molecule has 0 aliphatic carbocycles. The van der Waals surface area contributed by atoms with Crippen molar-refractivity contribution in [2.24, 2.45) is 9.98 Å². The number of halogens is 1. The smallest absolute Gasteiger partial charge is 0.254 e. The largest absolute Gasteiger partial charge is 0.491 e. The Morgan fingerprint density at radius 3 is 2.52 bits per heavy atom. The predicted octanol–water partition coefficient (Wildman–Crippen LogP) is 3.79.